The number of ether oxygens (including phenoxy) is 3. The maximum Gasteiger partial charge on any atom is 0.306 e. The highest BCUT2D eigenvalue weighted by atomic mass is 16.6. The lowest BCUT2D eigenvalue weighted by molar-refractivity contribution is -0.167. The van der Waals surface area contributed by atoms with E-state index in [1.807, 2.05) is 0 Å². The Hall–Kier alpha value is -2.37. The fraction of sp³-hybridized carbons (Fsp3) is 0.857. The zero-order valence-electron chi connectivity index (χ0n) is 46.3. The molecule has 1 atom stereocenters. The molecule has 0 aromatic rings. The molecular weight excluding hydrogens is 853 g/mol. The molecule has 0 saturated heterocycles. The van der Waals surface area contributed by atoms with Crippen LogP contribution in [0.2, 0.25) is 0 Å². The fourth-order valence-corrected chi connectivity index (χ4v) is 9.00. The molecule has 0 radical (unpaired) electrons. The smallest absolute Gasteiger partial charge is 0.306 e. The number of allylic oxidation sites excluding steroid dienone is 6. The molecule has 0 aliphatic heterocycles. The number of carbonyl (C=O) groups is 3. The van der Waals surface area contributed by atoms with Crippen LogP contribution < -0.4 is 0 Å². The average Bonchev–Trinajstić information content (AvgIpc) is 3.35. The van der Waals surface area contributed by atoms with Gasteiger partial charge in [-0.25, -0.2) is 0 Å². The molecule has 0 rings (SSSR count). The molecule has 0 amide bonds. The molecule has 0 unspecified atom stereocenters. The summed E-state index contributed by atoms with van der Waals surface area (Å²) in [5.41, 5.74) is 0. The van der Waals surface area contributed by atoms with Crippen molar-refractivity contribution in [1.82, 2.24) is 0 Å². The Morgan fingerprint density at radius 3 is 0.855 bits per heavy atom. The monoisotopic (exact) mass is 969 g/mol. The first-order valence-corrected chi connectivity index (χ1v) is 30.5. The summed E-state index contributed by atoms with van der Waals surface area (Å²) in [5, 5.41) is 0. The van der Waals surface area contributed by atoms with Crippen molar-refractivity contribution in [3.05, 3.63) is 36.5 Å². The van der Waals surface area contributed by atoms with Crippen molar-refractivity contribution >= 4 is 17.9 Å². The second kappa shape index (κ2) is 58.2. The van der Waals surface area contributed by atoms with Crippen molar-refractivity contribution < 1.29 is 28.6 Å². The van der Waals surface area contributed by atoms with Gasteiger partial charge in [-0.3, -0.25) is 14.4 Å². The van der Waals surface area contributed by atoms with E-state index in [9.17, 15) is 14.4 Å². The van der Waals surface area contributed by atoms with Crippen LogP contribution in [0, 0.1) is 0 Å². The molecule has 6 heteroatoms. The molecule has 0 aromatic heterocycles. The third-order valence-electron chi connectivity index (χ3n) is 13.6. The van der Waals surface area contributed by atoms with Crippen molar-refractivity contribution in [1.29, 1.82) is 0 Å². The van der Waals surface area contributed by atoms with Gasteiger partial charge < -0.3 is 14.2 Å². The van der Waals surface area contributed by atoms with Crippen LogP contribution in [-0.4, -0.2) is 37.2 Å². The molecule has 0 aliphatic rings. The average molecular weight is 970 g/mol. The number of carbonyl (C=O) groups excluding carboxylic acids is 3. The fourth-order valence-electron chi connectivity index (χ4n) is 9.00. The number of esters is 3. The van der Waals surface area contributed by atoms with Gasteiger partial charge in [-0.05, 0) is 77.0 Å². The van der Waals surface area contributed by atoms with Crippen LogP contribution in [0.5, 0.6) is 0 Å². The van der Waals surface area contributed by atoms with Crippen molar-refractivity contribution in [3.8, 4) is 0 Å². The quantitative estimate of drug-likeness (QED) is 0.0261. The van der Waals surface area contributed by atoms with E-state index in [4.69, 9.17) is 14.2 Å². The molecule has 0 aromatic carbocycles. The SMILES string of the molecule is CCCCC/C=C\C/C=C\CCCCCCCCCCCC(=O)OC[C@H](COC(=O)CCCCCCC/C=C\CCCCCC)OC(=O)CCCCCCCCCCCCCCCCCCCCC. The Labute approximate surface area is 429 Å². The lowest BCUT2D eigenvalue weighted by Crippen LogP contribution is -2.30. The van der Waals surface area contributed by atoms with Crippen LogP contribution in [-0.2, 0) is 28.6 Å². The molecule has 0 spiro atoms. The van der Waals surface area contributed by atoms with Crippen LogP contribution in [0.3, 0.4) is 0 Å². The van der Waals surface area contributed by atoms with E-state index >= 15 is 0 Å². The van der Waals surface area contributed by atoms with E-state index in [0.29, 0.717) is 19.3 Å². The van der Waals surface area contributed by atoms with E-state index < -0.39 is 6.10 Å². The van der Waals surface area contributed by atoms with Crippen molar-refractivity contribution in [2.45, 2.75) is 335 Å². The molecule has 0 aliphatic carbocycles. The predicted molar refractivity (Wildman–Crippen MR) is 298 cm³/mol. The summed E-state index contributed by atoms with van der Waals surface area (Å²) < 4.78 is 16.9. The van der Waals surface area contributed by atoms with Gasteiger partial charge in [-0.15, -0.1) is 0 Å². The maximum absolute atomic E-state index is 12.9. The first kappa shape index (κ1) is 66.6. The highest BCUT2D eigenvalue weighted by Gasteiger charge is 2.19. The maximum atomic E-state index is 12.9. The Bertz CT molecular complexity index is 1160. The highest BCUT2D eigenvalue weighted by molar-refractivity contribution is 5.71. The molecular formula is C63H116O6. The van der Waals surface area contributed by atoms with Crippen LogP contribution in [0.1, 0.15) is 329 Å². The first-order chi connectivity index (χ1) is 34.0. The molecule has 69 heavy (non-hydrogen) atoms. The number of hydrogen-bond acceptors (Lipinski definition) is 6. The Balaban J connectivity index is 4.32. The molecule has 0 N–H and O–H groups in total. The van der Waals surface area contributed by atoms with Gasteiger partial charge in [-0.1, -0.05) is 269 Å². The minimum atomic E-state index is -0.774. The van der Waals surface area contributed by atoms with Gasteiger partial charge in [0, 0.05) is 19.3 Å². The van der Waals surface area contributed by atoms with Gasteiger partial charge in [0.1, 0.15) is 13.2 Å². The predicted octanol–water partition coefficient (Wildman–Crippen LogP) is 20.4. The Kier molecular flexibility index (Phi) is 56.2. The summed E-state index contributed by atoms with van der Waals surface area (Å²) in [5.74, 6) is -0.865. The lowest BCUT2D eigenvalue weighted by Gasteiger charge is -2.18. The van der Waals surface area contributed by atoms with E-state index in [1.54, 1.807) is 0 Å². The Morgan fingerprint density at radius 2 is 0.522 bits per heavy atom. The van der Waals surface area contributed by atoms with Crippen LogP contribution >= 0.6 is 0 Å². The summed E-state index contributed by atoms with van der Waals surface area (Å²) in [6.07, 6.45) is 69.9. The van der Waals surface area contributed by atoms with E-state index in [2.05, 4.69) is 57.2 Å². The zero-order valence-corrected chi connectivity index (χ0v) is 46.3. The standard InChI is InChI=1S/C63H116O6/c1-4-7-10-13-16-19-22-25-27-29-31-33-35-38-41-44-47-50-53-56-62(65)68-59-60(58-67-61(64)55-52-49-46-43-40-37-24-21-18-15-12-9-6-3)69-63(66)57-54-51-48-45-42-39-36-34-32-30-28-26-23-20-17-14-11-8-5-2/h16,19,21,24-25,27,60H,4-15,17-18,20,22-23,26,28-59H2,1-3H3/b19-16-,24-21-,27-25-/t60-/m0/s1. The van der Waals surface area contributed by atoms with E-state index in [0.717, 1.165) is 70.6 Å². The van der Waals surface area contributed by atoms with Gasteiger partial charge in [-0.2, -0.15) is 0 Å². The van der Waals surface area contributed by atoms with Crippen molar-refractivity contribution in [2.24, 2.45) is 0 Å². The third-order valence-corrected chi connectivity index (χ3v) is 13.6. The molecule has 0 fully saturated rings. The second-order valence-electron chi connectivity index (χ2n) is 20.6. The summed E-state index contributed by atoms with van der Waals surface area (Å²) in [6, 6.07) is 0. The molecule has 0 bridgehead atoms. The van der Waals surface area contributed by atoms with Gasteiger partial charge in [0.15, 0.2) is 6.10 Å². The zero-order chi connectivity index (χ0) is 50.0. The number of unbranched alkanes of at least 4 members (excludes halogenated alkanes) is 39. The van der Waals surface area contributed by atoms with Crippen LogP contribution in [0.15, 0.2) is 36.5 Å². The highest BCUT2D eigenvalue weighted by Crippen LogP contribution is 2.17. The van der Waals surface area contributed by atoms with Gasteiger partial charge in [0.2, 0.25) is 0 Å². The summed E-state index contributed by atoms with van der Waals surface area (Å²) in [6.45, 7) is 6.64. The van der Waals surface area contributed by atoms with Gasteiger partial charge in [0.05, 0.1) is 0 Å². The van der Waals surface area contributed by atoms with Crippen molar-refractivity contribution in [3.63, 3.8) is 0 Å². The second-order valence-corrected chi connectivity index (χ2v) is 20.6. The molecule has 0 heterocycles. The largest absolute Gasteiger partial charge is 0.462 e. The molecule has 404 valence electrons. The van der Waals surface area contributed by atoms with E-state index in [-0.39, 0.29) is 31.1 Å². The Morgan fingerprint density at radius 1 is 0.290 bits per heavy atom. The van der Waals surface area contributed by atoms with Crippen molar-refractivity contribution in [2.75, 3.05) is 13.2 Å². The third kappa shape index (κ3) is 56.4. The van der Waals surface area contributed by atoms with Gasteiger partial charge >= 0.3 is 17.9 Å². The topological polar surface area (TPSA) is 78.9 Å². The summed E-state index contributed by atoms with van der Waals surface area (Å²) >= 11 is 0. The first-order valence-electron chi connectivity index (χ1n) is 30.5. The molecule has 6 nitrogen and oxygen atoms in total. The van der Waals surface area contributed by atoms with Gasteiger partial charge in [0.25, 0.3) is 0 Å². The van der Waals surface area contributed by atoms with E-state index in [1.165, 1.54) is 218 Å². The minimum absolute atomic E-state index is 0.0732. The molecule has 0 saturated carbocycles. The summed E-state index contributed by atoms with van der Waals surface area (Å²) in [4.78, 5) is 38.2. The lowest BCUT2D eigenvalue weighted by atomic mass is 10.0. The van der Waals surface area contributed by atoms with Crippen LogP contribution in [0.4, 0.5) is 0 Å². The number of hydrogen-bond donors (Lipinski definition) is 0. The van der Waals surface area contributed by atoms with Crippen LogP contribution in [0.25, 0.3) is 0 Å². The summed E-state index contributed by atoms with van der Waals surface area (Å²) in [7, 11) is 0. The normalized spacial score (nSPS) is 12.2. The minimum Gasteiger partial charge on any atom is -0.462 e. The number of rotatable bonds is 56.